The van der Waals surface area contributed by atoms with E-state index in [0.29, 0.717) is 6.54 Å². The van der Waals surface area contributed by atoms with E-state index in [9.17, 15) is 0 Å². The van der Waals surface area contributed by atoms with Gasteiger partial charge in [0.2, 0.25) is 0 Å². The first-order valence-corrected chi connectivity index (χ1v) is 7.73. The van der Waals surface area contributed by atoms with Crippen LogP contribution in [0.25, 0.3) is 5.82 Å². The van der Waals surface area contributed by atoms with Gasteiger partial charge in [-0.3, -0.25) is 4.99 Å². The summed E-state index contributed by atoms with van der Waals surface area (Å²) in [5.74, 6) is 1.64. The molecule has 2 heterocycles. The van der Waals surface area contributed by atoms with Crippen LogP contribution in [0, 0.1) is 0 Å². The summed E-state index contributed by atoms with van der Waals surface area (Å²) in [6.07, 6.45) is 9.05. The second-order valence-corrected chi connectivity index (χ2v) is 5.03. The molecule has 0 unspecified atom stereocenters. The minimum Gasteiger partial charge on any atom is -0.356 e. The van der Waals surface area contributed by atoms with E-state index in [1.807, 2.05) is 24.4 Å². The first-order chi connectivity index (χ1) is 10.8. The molecule has 118 valence electrons. The number of aliphatic imine (C=N–C) groups is 1. The van der Waals surface area contributed by atoms with E-state index >= 15 is 0 Å². The van der Waals surface area contributed by atoms with Gasteiger partial charge in [-0.05, 0) is 30.2 Å². The smallest absolute Gasteiger partial charge is 0.191 e. The summed E-state index contributed by atoms with van der Waals surface area (Å²) < 4.78 is 1.75. The van der Waals surface area contributed by atoms with E-state index in [0.717, 1.165) is 30.3 Å². The minimum absolute atomic E-state index is 0.699. The minimum atomic E-state index is 0.699. The van der Waals surface area contributed by atoms with Gasteiger partial charge in [-0.1, -0.05) is 19.8 Å². The molecule has 0 saturated heterocycles. The maximum Gasteiger partial charge on any atom is 0.191 e. The van der Waals surface area contributed by atoms with Crippen molar-refractivity contribution in [1.82, 2.24) is 25.4 Å². The van der Waals surface area contributed by atoms with Gasteiger partial charge in [-0.15, -0.1) is 0 Å². The largest absolute Gasteiger partial charge is 0.356 e. The lowest BCUT2D eigenvalue weighted by Gasteiger charge is -2.12. The number of nitrogens with one attached hydrogen (secondary N) is 2. The van der Waals surface area contributed by atoms with E-state index in [4.69, 9.17) is 0 Å². The van der Waals surface area contributed by atoms with Crippen molar-refractivity contribution in [3.63, 3.8) is 0 Å². The van der Waals surface area contributed by atoms with Crippen molar-refractivity contribution >= 4 is 5.96 Å². The summed E-state index contributed by atoms with van der Waals surface area (Å²) in [5.41, 5.74) is 1.14. The van der Waals surface area contributed by atoms with Gasteiger partial charge in [0.05, 0.1) is 0 Å². The van der Waals surface area contributed by atoms with Crippen molar-refractivity contribution in [2.75, 3.05) is 13.6 Å². The standard InChI is InChI=1S/C16H24N6/c1-3-4-5-8-19-16(17-2)20-13-14-7-10-18-15(12-14)22-11-6-9-21-22/h6-7,9-12H,3-5,8,13H2,1-2H3,(H2,17,19,20). The van der Waals surface area contributed by atoms with E-state index in [-0.39, 0.29) is 0 Å². The van der Waals surface area contributed by atoms with Crippen molar-refractivity contribution in [3.05, 3.63) is 42.4 Å². The van der Waals surface area contributed by atoms with Crippen molar-refractivity contribution in [2.24, 2.45) is 4.99 Å². The van der Waals surface area contributed by atoms with Gasteiger partial charge in [-0.25, -0.2) is 9.67 Å². The van der Waals surface area contributed by atoms with Gasteiger partial charge in [0.1, 0.15) is 0 Å². The maximum absolute atomic E-state index is 4.33. The topological polar surface area (TPSA) is 67.1 Å². The fourth-order valence-electron chi connectivity index (χ4n) is 2.09. The Kier molecular flexibility index (Phi) is 6.41. The fraction of sp³-hybridized carbons (Fsp3) is 0.438. The highest BCUT2D eigenvalue weighted by Crippen LogP contribution is 2.05. The van der Waals surface area contributed by atoms with Crippen LogP contribution in [-0.2, 0) is 6.54 Å². The lowest BCUT2D eigenvalue weighted by molar-refractivity contribution is 0.682. The molecule has 0 atom stereocenters. The Morgan fingerprint density at radius 2 is 2.18 bits per heavy atom. The molecule has 2 aromatic rings. The van der Waals surface area contributed by atoms with E-state index in [1.165, 1.54) is 12.8 Å². The molecular weight excluding hydrogens is 276 g/mol. The first kappa shape index (κ1) is 16.0. The zero-order chi connectivity index (χ0) is 15.6. The summed E-state index contributed by atoms with van der Waals surface area (Å²) in [7, 11) is 1.79. The lowest BCUT2D eigenvalue weighted by atomic mass is 10.2. The SMILES string of the molecule is CCCCCNC(=NC)NCc1ccnc(-n2cccn2)c1. The van der Waals surface area contributed by atoms with Gasteiger partial charge >= 0.3 is 0 Å². The highest BCUT2D eigenvalue weighted by atomic mass is 15.3. The quantitative estimate of drug-likeness (QED) is 0.467. The molecule has 0 aliphatic rings. The summed E-state index contributed by atoms with van der Waals surface area (Å²) in [6, 6.07) is 5.89. The van der Waals surface area contributed by atoms with E-state index < -0.39 is 0 Å². The van der Waals surface area contributed by atoms with Crippen molar-refractivity contribution in [2.45, 2.75) is 32.7 Å². The Morgan fingerprint density at radius 1 is 1.27 bits per heavy atom. The third-order valence-corrected chi connectivity index (χ3v) is 3.31. The fourth-order valence-corrected chi connectivity index (χ4v) is 2.09. The van der Waals surface area contributed by atoms with Gasteiger partial charge < -0.3 is 10.6 Å². The first-order valence-electron chi connectivity index (χ1n) is 7.73. The molecule has 0 amide bonds. The zero-order valence-corrected chi connectivity index (χ0v) is 13.3. The predicted molar refractivity (Wildman–Crippen MR) is 89.1 cm³/mol. The van der Waals surface area contributed by atoms with Gasteiger partial charge in [0.15, 0.2) is 11.8 Å². The molecule has 0 aromatic carbocycles. The molecule has 0 spiro atoms. The number of nitrogens with zero attached hydrogens (tertiary/aromatic N) is 4. The number of rotatable bonds is 7. The average Bonchev–Trinajstić information content (AvgIpc) is 3.09. The maximum atomic E-state index is 4.33. The Bertz CT molecular complexity index is 576. The normalized spacial score (nSPS) is 11.5. The summed E-state index contributed by atoms with van der Waals surface area (Å²) in [5, 5.41) is 10.8. The molecule has 0 bridgehead atoms. The van der Waals surface area contributed by atoms with Gasteiger partial charge in [0.25, 0.3) is 0 Å². The molecule has 0 aliphatic carbocycles. The average molecular weight is 300 g/mol. The number of hydrogen-bond donors (Lipinski definition) is 2. The van der Waals surface area contributed by atoms with E-state index in [2.05, 4.69) is 32.6 Å². The number of hydrogen-bond acceptors (Lipinski definition) is 3. The molecule has 2 rings (SSSR count). The molecule has 0 aliphatic heterocycles. The third-order valence-electron chi connectivity index (χ3n) is 3.31. The molecule has 0 fully saturated rings. The van der Waals surface area contributed by atoms with Crippen molar-refractivity contribution in [1.29, 1.82) is 0 Å². The number of pyridine rings is 1. The monoisotopic (exact) mass is 300 g/mol. The van der Waals surface area contributed by atoms with Crippen molar-refractivity contribution < 1.29 is 0 Å². The van der Waals surface area contributed by atoms with Crippen LogP contribution < -0.4 is 10.6 Å². The molecule has 2 aromatic heterocycles. The van der Waals surface area contributed by atoms with Crippen LogP contribution in [-0.4, -0.2) is 34.3 Å². The Balaban J connectivity index is 1.86. The van der Waals surface area contributed by atoms with E-state index in [1.54, 1.807) is 24.1 Å². The molecule has 0 saturated carbocycles. The second kappa shape index (κ2) is 8.81. The van der Waals surface area contributed by atoms with Gasteiger partial charge in [-0.2, -0.15) is 5.10 Å². The number of unbranched alkanes of at least 4 members (excludes halogenated alkanes) is 2. The van der Waals surface area contributed by atoms with Crippen LogP contribution in [0.4, 0.5) is 0 Å². The van der Waals surface area contributed by atoms with Crippen LogP contribution in [0.2, 0.25) is 0 Å². The third kappa shape index (κ3) is 4.87. The van der Waals surface area contributed by atoms with Crippen LogP contribution in [0.15, 0.2) is 41.8 Å². The Hall–Kier alpha value is -2.37. The molecule has 6 heteroatoms. The zero-order valence-electron chi connectivity index (χ0n) is 13.3. The lowest BCUT2D eigenvalue weighted by Crippen LogP contribution is -2.37. The Morgan fingerprint density at radius 3 is 2.91 bits per heavy atom. The van der Waals surface area contributed by atoms with Crippen molar-refractivity contribution in [3.8, 4) is 5.82 Å². The van der Waals surface area contributed by atoms with Crippen LogP contribution in [0.1, 0.15) is 31.7 Å². The molecule has 2 N–H and O–H groups in total. The van der Waals surface area contributed by atoms with Crippen LogP contribution in [0.3, 0.4) is 0 Å². The summed E-state index contributed by atoms with van der Waals surface area (Å²) in [6.45, 7) is 3.85. The highest BCUT2D eigenvalue weighted by Gasteiger charge is 2.01. The molecule has 22 heavy (non-hydrogen) atoms. The second-order valence-electron chi connectivity index (χ2n) is 5.03. The number of guanidine groups is 1. The van der Waals surface area contributed by atoms with Crippen LogP contribution in [0.5, 0.6) is 0 Å². The molecular formula is C16H24N6. The van der Waals surface area contributed by atoms with Gasteiger partial charge in [0, 0.05) is 38.7 Å². The summed E-state index contributed by atoms with van der Waals surface area (Å²) >= 11 is 0. The van der Waals surface area contributed by atoms with Crippen LogP contribution >= 0.6 is 0 Å². The molecule has 0 radical (unpaired) electrons. The molecule has 6 nitrogen and oxygen atoms in total. The number of aromatic nitrogens is 3. The highest BCUT2D eigenvalue weighted by molar-refractivity contribution is 5.79. The summed E-state index contributed by atoms with van der Waals surface area (Å²) in [4.78, 5) is 8.56. The predicted octanol–water partition coefficient (Wildman–Crippen LogP) is 2.12. The Labute approximate surface area is 131 Å².